The number of ether oxygens (including phenoxy) is 1. The molecule has 5 nitrogen and oxygen atoms in total. The van der Waals surface area contributed by atoms with Crippen LogP contribution in [0, 0.1) is 5.82 Å². The van der Waals surface area contributed by atoms with Gasteiger partial charge in [0, 0.05) is 18.1 Å². The summed E-state index contributed by atoms with van der Waals surface area (Å²) in [6.07, 6.45) is -5.17. The molecular formula is C22H18F4N2O3. The molecule has 0 bridgehead atoms. The molecule has 1 heterocycles. The van der Waals surface area contributed by atoms with Gasteiger partial charge in [0.15, 0.2) is 17.3 Å². The molecule has 0 fully saturated rings. The molecule has 1 N–H and O–H groups in total. The number of alkyl halides is 3. The standard InChI is InChI=1S/C22H18F4N2O3/c1-21(2,14-8-9-18(15(23)10-14)31-22(24,25)26)12-17(29)16-11-19(30)28-20(27-16)13-6-4-3-5-7-13/h3-11H,12H2,1-2H3,(H,27,28,30). The van der Waals surface area contributed by atoms with E-state index in [1.165, 1.54) is 6.07 Å². The number of carbonyl (C=O) groups is 1. The van der Waals surface area contributed by atoms with E-state index in [9.17, 15) is 27.2 Å². The molecule has 162 valence electrons. The minimum atomic E-state index is -5.02. The van der Waals surface area contributed by atoms with E-state index >= 15 is 0 Å². The molecule has 9 heteroatoms. The van der Waals surface area contributed by atoms with E-state index in [0.717, 1.165) is 18.2 Å². The number of carbonyl (C=O) groups excluding carboxylic acids is 1. The van der Waals surface area contributed by atoms with Gasteiger partial charge in [0.25, 0.3) is 5.56 Å². The summed E-state index contributed by atoms with van der Waals surface area (Å²) in [5.74, 6) is -2.39. The molecule has 0 unspecified atom stereocenters. The van der Waals surface area contributed by atoms with Crippen LogP contribution in [0.25, 0.3) is 11.4 Å². The molecule has 0 aliphatic rings. The molecule has 0 aliphatic heterocycles. The van der Waals surface area contributed by atoms with E-state index in [-0.39, 0.29) is 17.9 Å². The number of aromatic nitrogens is 2. The van der Waals surface area contributed by atoms with Crippen LogP contribution < -0.4 is 10.3 Å². The fraction of sp³-hybridized carbons (Fsp3) is 0.227. The lowest BCUT2D eigenvalue weighted by Crippen LogP contribution is -2.24. The number of hydrogen-bond acceptors (Lipinski definition) is 4. The van der Waals surface area contributed by atoms with Crippen molar-refractivity contribution < 1.29 is 27.1 Å². The van der Waals surface area contributed by atoms with Crippen LogP contribution in [0.2, 0.25) is 0 Å². The van der Waals surface area contributed by atoms with Crippen LogP contribution >= 0.6 is 0 Å². The number of hydrogen-bond donors (Lipinski definition) is 1. The lowest BCUT2D eigenvalue weighted by molar-refractivity contribution is -0.275. The third kappa shape index (κ3) is 5.56. The molecule has 0 radical (unpaired) electrons. The average Bonchev–Trinajstić information content (AvgIpc) is 2.68. The van der Waals surface area contributed by atoms with Gasteiger partial charge in [-0.2, -0.15) is 0 Å². The normalized spacial score (nSPS) is 11.9. The Kier molecular flexibility index (Phi) is 5.97. The summed E-state index contributed by atoms with van der Waals surface area (Å²) in [6, 6.07) is 12.9. The second-order valence-corrected chi connectivity index (χ2v) is 7.52. The Hall–Kier alpha value is -3.49. The Balaban J connectivity index is 1.85. The average molecular weight is 434 g/mol. The van der Waals surface area contributed by atoms with Gasteiger partial charge in [-0.3, -0.25) is 9.59 Å². The maximum absolute atomic E-state index is 14.1. The molecule has 0 aliphatic carbocycles. The van der Waals surface area contributed by atoms with Crippen molar-refractivity contribution >= 4 is 5.78 Å². The summed E-state index contributed by atoms with van der Waals surface area (Å²) in [5, 5.41) is 0. The Morgan fingerprint density at radius 1 is 1.06 bits per heavy atom. The van der Waals surface area contributed by atoms with E-state index in [1.807, 2.05) is 0 Å². The zero-order valence-corrected chi connectivity index (χ0v) is 16.6. The number of halogens is 4. The summed E-state index contributed by atoms with van der Waals surface area (Å²) in [6.45, 7) is 3.27. The van der Waals surface area contributed by atoms with Gasteiger partial charge >= 0.3 is 6.36 Å². The number of Topliss-reactive ketones (excluding diaryl/α,β-unsaturated/α-hetero) is 1. The van der Waals surface area contributed by atoms with Crippen LogP contribution in [0.15, 0.2) is 59.4 Å². The van der Waals surface area contributed by atoms with Gasteiger partial charge in [-0.05, 0) is 23.1 Å². The second kappa shape index (κ2) is 8.33. The zero-order chi connectivity index (χ0) is 22.8. The smallest absolute Gasteiger partial charge is 0.403 e. The van der Waals surface area contributed by atoms with Crippen LogP contribution in [0.5, 0.6) is 5.75 Å². The maximum Gasteiger partial charge on any atom is 0.573 e. The molecule has 0 amide bonds. The fourth-order valence-electron chi connectivity index (χ4n) is 3.06. The van der Waals surface area contributed by atoms with Crippen LogP contribution in [0.3, 0.4) is 0 Å². The summed E-state index contributed by atoms with van der Waals surface area (Å²) in [5.41, 5.74) is -0.606. The first kappa shape index (κ1) is 22.2. The Bertz CT molecular complexity index is 1160. The quantitative estimate of drug-likeness (QED) is 0.437. The Labute approximate surface area is 174 Å². The van der Waals surface area contributed by atoms with E-state index in [2.05, 4.69) is 14.7 Å². The first-order valence-corrected chi connectivity index (χ1v) is 9.20. The van der Waals surface area contributed by atoms with E-state index in [0.29, 0.717) is 11.1 Å². The van der Waals surface area contributed by atoms with Crippen molar-refractivity contribution in [2.24, 2.45) is 0 Å². The van der Waals surface area contributed by atoms with Crippen LogP contribution in [0.4, 0.5) is 17.6 Å². The molecule has 31 heavy (non-hydrogen) atoms. The summed E-state index contributed by atoms with van der Waals surface area (Å²) < 4.78 is 54.7. The van der Waals surface area contributed by atoms with Crippen molar-refractivity contribution in [1.29, 1.82) is 0 Å². The highest BCUT2D eigenvalue weighted by molar-refractivity contribution is 5.95. The molecule has 0 spiro atoms. The van der Waals surface area contributed by atoms with Crippen molar-refractivity contribution in [3.63, 3.8) is 0 Å². The highest BCUT2D eigenvalue weighted by atomic mass is 19.4. The van der Waals surface area contributed by atoms with Gasteiger partial charge in [0.1, 0.15) is 11.5 Å². The highest BCUT2D eigenvalue weighted by Crippen LogP contribution is 2.33. The third-order valence-corrected chi connectivity index (χ3v) is 4.62. The third-order valence-electron chi connectivity index (χ3n) is 4.62. The molecule has 0 atom stereocenters. The van der Waals surface area contributed by atoms with Crippen molar-refractivity contribution in [1.82, 2.24) is 9.97 Å². The fourth-order valence-corrected chi connectivity index (χ4v) is 3.06. The summed E-state index contributed by atoms with van der Waals surface area (Å²) in [7, 11) is 0. The van der Waals surface area contributed by atoms with Crippen molar-refractivity contribution in [2.75, 3.05) is 0 Å². The van der Waals surface area contributed by atoms with Gasteiger partial charge in [0.05, 0.1) is 0 Å². The van der Waals surface area contributed by atoms with Crippen LogP contribution in [0.1, 0.15) is 36.3 Å². The first-order valence-electron chi connectivity index (χ1n) is 9.20. The molecule has 1 aromatic heterocycles. The number of rotatable bonds is 6. The van der Waals surface area contributed by atoms with Gasteiger partial charge in [-0.15, -0.1) is 13.2 Å². The predicted molar refractivity (Wildman–Crippen MR) is 105 cm³/mol. The molecular weight excluding hydrogens is 416 g/mol. The van der Waals surface area contributed by atoms with Crippen molar-refractivity contribution in [2.45, 2.75) is 32.0 Å². The van der Waals surface area contributed by atoms with Gasteiger partial charge in [-0.1, -0.05) is 50.2 Å². The molecule has 0 saturated heterocycles. The van der Waals surface area contributed by atoms with Gasteiger partial charge in [-0.25, -0.2) is 9.37 Å². The van der Waals surface area contributed by atoms with E-state index < -0.39 is 34.7 Å². The molecule has 3 aromatic rings. The van der Waals surface area contributed by atoms with Crippen LogP contribution in [-0.2, 0) is 5.41 Å². The monoisotopic (exact) mass is 434 g/mol. The van der Waals surface area contributed by atoms with Gasteiger partial charge < -0.3 is 9.72 Å². The molecule has 0 saturated carbocycles. The topological polar surface area (TPSA) is 72.0 Å². The van der Waals surface area contributed by atoms with Crippen molar-refractivity contribution in [3.05, 3.63) is 82.0 Å². The largest absolute Gasteiger partial charge is 0.573 e. The number of benzene rings is 2. The molecule has 3 rings (SSSR count). The van der Waals surface area contributed by atoms with E-state index in [1.54, 1.807) is 44.2 Å². The summed E-state index contributed by atoms with van der Waals surface area (Å²) >= 11 is 0. The highest BCUT2D eigenvalue weighted by Gasteiger charge is 2.33. The summed E-state index contributed by atoms with van der Waals surface area (Å²) in [4.78, 5) is 31.6. The lowest BCUT2D eigenvalue weighted by Gasteiger charge is -2.25. The Morgan fingerprint density at radius 2 is 1.74 bits per heavy atom. The minimum absolute atomic E-state index is 0.0619. The second-order valence-electron chi connectivity index (χ2n) is 7.52. The number of nitrogens with one attached hydrogen (secondary N) is 1. The van der Waals surface area contributed by atoms with E-state index in [4.69, 9.17) is 0 Å². The predicted octanol–water partition coefficient (Wildman–Crippen LogP) is 5.03. The molecule has 2 aromatic carbocycles. The van der Waals surface area contributed by atoms with Crippen LogP contribution in [-0.4, -0.2) is 22.1 Å². The minimum Gasteiger partial charge on any atom is -0.403 e. The number of ketones is 1. The SMILES string of the molecule is CC(C)(CC(=O)c1cc(=O)[nH]c(-c2ccccc2)n1)c1ccc(OC(F)(F)F)c(F)c1. The van der Waals surface area contributed by atoms with Gasteiger partial charge in [0.2, 0.25) is 0 Å². The van der Waals surface area contributed by atoms with Crippen molar-refractivity contribution in [3.8, 4) is 17.1 Å². The maximum atomic E-state index is 14.1. The number of nitrogens with zero attached hydrogens (tertiary/aromatic N) is 1. The zero-order valence-electron chi connectivity index (χ0n) is 16.6. The first-order chi connectivity index (χ1) is 14.4. The Morgan fingerprint density at radius 3 is 2.35 bits per heavy atom. The number of aromatic amines is 1. The lowest BCUT2D eigenvalue weighted by atomic mass is 9.79. The number of H-pyrrole nitrogens is 1.